The summed E-state index contributed by atoms with van der Waals surface area (Å²) in [6.45, 7) is 0. The Bertz CT molecular complexity index is 475. The van der Waals surface area contributed by atoms with Gasteiger partial charge >= 0.3 is 0 Å². The highest BCUT2D eigenvalue weighted by Crippen LogP contribution is 2.35. The first-order valence-corrected chi connectivity index (χ1v) is 6.53. The molecule has 3 N–H and O–H groups in total. The minimum Gasteiger partial charge on any atom is -0.370 e. The minimum atomic E-state index is -0.202. The Hall–Kier alpha value is -1.78. The van der Waals surface area contributed by atoms with E-state index in [1.54, 1.807) is 6.20 Å². The van der Waals surface area contributed by atoms with Crippen LogP contribution in [-0.4, -0.2) is 23.2 Å². The second-order valence-corrected chi connectivity index (χ2v) is 5.12. The van der Waals surface area contributed by atoms with E-state index in [4.69, 9.17) is 0 Å². The number of rotatable bonds is 2. The normalized spacial score (nSPS) is 24.0. The van der Waals surface area contributed by atoms with Crippen LogP contribution in [0.4, 0.5) is 11.4 Å². The van der Waals surface area contributed by atoms with Gasteiger partial charge in [-0.05, 0) is 18.8 Å². The summed E-state index contributed by atoms with van der Waals surface area (Å²) in [5.41, 5.74) is 1.92. The molecule has 0 saturated heterocycles. The highest BCUT2D eigenvalue weighted by atomic mass is 16.2. The first kappa shape index (κ1) is 11.3. The molecular formula is C13H17N3O2. The van der Waals surface area contributed by atoms with Gasteiger partial charge in [0.2, 0.25) is 5.91 Å². The van der Waals surface area contributed by atoms with E-state index in [0.717, 1.165) is 24.8 Å². The Labute approximate surface area is 105 Å². The van der Waals surface area contributed by atoms with E-state index in [0.29, 0.717) is 17.3 Å². The van der Waals surface area contributed by atoms with Crippen LogP contribution in [-0.2, 0) is 4.79 Å². The third kappa shape index (κ3) is 1.79. The van der Waals surface area contributed by atoms with Crippen LogP contribution in [0.5, 0.6) is 0 Å². The zero-order valence-corrected chi connectivity index (χ0v) is 10.2. The molecule has 1 aromatic rings. The van der Waals surface area contributed by atoms with E-state index in [-0.39, 0.29) is 11.9 Å². The largest absolute Gasteiger partial charge is 0.370 e. The van der Waals surface area contributed by atoms with Crippen molar-refractivity contribution in [3.05, 3.63) is 11.9 Å². The number of anilines is 2. The lowest BCUT2D eigenvalue weighted by atomic mass is 9.83. The van der Waals surface area contributed by atoms with Crippen LogP contribution >= 0.6 is 0 Å². The van der Waals surface area contributed by atoms with Gasteiger partial charge in [-0.2, -0.15) is 0 Å². The van der Waals surface area contributed by atoms with Gasteiger partial charge in [0.25, 0.3) is 0 Å². The summed E-state index contributed by atoms with van der Waals surface area (Å²) in [6, 6.07) is -0.202. The lowest BCUT2D eigenvalue weighted by molar-refractivity contribution is -0.118. The molecule has 5 nitrogen and oxygen atoms in total. The Morgan fingerprint density at radius 1 is 1.22 bits per heavy atom. The first-order chi connectivity index (χ1) is 8.79. The maximum Gasteiger partial charge on any atom is 0.247 e. The van der Waals surface area contributed by atoms with E-state index < -0.39 is 0 Å². The molecule has 1 aliphatic carbocycles. The zero-order valence-electron chi connectivity index (χ0n) is 10.2. The number of aromatic amines is 1. The Kier molecular flexibility index (Phi) is 2.81. The number of hydrogen-bond donors (Lipinski definition) is 3. The fourth-order valence-corrected chi connectivity index (χ4v) is 3.02. The van der Waals surface area contributed by atoms with E-state index in [1.165, 1.54) is 19.3 Å². The van der Waals surface area contributed by atoms with Crippen molar-refractivity contribution in [2.24, 2.45) is 5.92 Å². The standard InChI is InChI=1S/C13H17N3O2/c17-7-10-12-9(6-14-10)15-13(18)11(16-12)8-4-2-1-3-5-8/h6-8,11,14,16H,1-5H2,(H,15,18). The monoisotopic (exact) mass is 247 g/mol. The second kappa shape index (κ2) is 4.48. The van der Waals surface area contributed by atoms with Crippen LogP contribution in [0.25, 0.3) is 0 Å². The fourth-order valence-electron chi connectivity index (χ4n) is 3.02. The van der Waals surface area contributed by atoms with Crippen molar-refractivity contribution < 1.29 is 9.59 Å². The van der Waals surface area contributed by atoms with E-state index in [9.17, 15) is 9.59 Å². The Morgan fingerprint density at radius 3 is 2.72 bits per heavy atom. The number of H-pyrrole nitrogens is 1. The van der Waals surface area contributed by atoms with Crippen LogP contribution in [0.3, 0.4) is 0 Å². The lowest BCUT2D eigenvalue weighted by Crippen LogP contribution is -2.44. The molecule has 1 atom stereocenters. The zero-order chi connectivity index (χ0) is 12.5. The highest BCUT2D eigenvalue weighted by Gasteiger charge is 2.34. The van der Waals surface area contributed by atoms with E-state index >= 15 is 0 Å². The number of carbonyl (C=O) groups excluding carboxylic acids is 2. The van der Waals surface area contributed by atoms with Crippen LogP contribution in [0.1, 0.15) is 42.6 Å². The van der Waals surface area contributed by atoms with Crippen LogP contribution in [0, 0.1) is 5.92 Å². The van der Waals surface area contributed by atoms with Gasteiger partial charge in [0.15, 0.2) is 6.29 Å². The van der Waals surface area contributed by atoms with Gasteiger partial charge in [0.05, 0.1) is 11.4 Å². The fraction of sp³-hybridized carbons (Fsp3) is 0.538. The predicted octanol–water partition coefficient (Wildman–Crippen LogP) is 2.14. The van der Waals surface area contributed by atoms with Gasteiger partial charge < -0.3 is 15.6 Å². The van der Waals surface area contributed by atoms with Crippen LogP contribution < -0.4 is 10.6 Å². The van der Waals surface area contributed by atoms with Gasteiger partial charge in [-0.15, -0.1) is 0 Å². The third-order valence-corrected chi connectivity index (χ3v) is 3.99. The molecule has 2 heterocycles. The van der Waals surface area contributed by atoms with Crippen molar-refractivity contribution in [2.75, 3.05) is 10.6 Å². The van der Waals surface area contributed by atoms with Crippen molar-refractivity contribution in [1.82, 2.24) is 4.98 Å². The van der Waals surface area contributed by atoms with Crippen molar-refractivity contribution in [3.8, 4) is 0 Å². The van der Waals surface area contributed by atoms with Gasteiger partial charge in [0.1, 0.15) is 11.7 Å². The third-order valence-electron chi connectivity index (χ3n) is 3.99. The quantitative estimate of drug-likeness (QED) is 0.701. The van der Waals surface area contributed by atoms with E-state index in [1.807, 2.05) is 0 Å². The molecule has 0 bridgehead atoms. The maximum absolute atomic E-state index is 12.1. The molecule has 0 aromatic carbocycles. The number of hydrogen-bond acceptors (Lipinski definition) is 3. The van der Waals surface area contributed by atoms with Crippen LogP contribution in [0.2, 0.25) is 0 Å². The van der Waals surface area contributed by atoms with E-state index in [2.05, 4.69) is 15.6 Å². The predicted molar refractivity (Wildman–Crippen MR) is 68.8 cm³/mol. The van der Waals surface area contributed by atoms with Crippen molar-refractivity contribution in [3.63, 3.8) is 0 Å². The average Bonchev–Trinajstić information content (AvgIpc) is 2.80. The van der Waals surface area contributed by atoms with Crippen molar-refractivity contribution in [2.45, 2.75) is 38.1 Å². The summed E-state index contributed by atoms with van der Waals surface area (Å²) >= 11 is 0. The molecule has 1 unspecified atom stereocenters. The Morgan fingerprint density at radius 2 is 2.00 bits per heavy atom. The summed E-state index contributed by atoms with van der Waals surface area (Å²) < 4.78 is 0. The number of aldehydes is 1. The molecule has 1 fully saturated rings. The summed E-state index contributed by atoms with van der Waals surface area (Å²) in [6.07, 6.45) is 8.25. The second-order valence-electron chi connectivity index (χ2n) is 5.12. The molecule has 1 saturated carbocycles. The molecule has 2 aliphatic rings. The molecule has 1 amide bonds. The number of nitrogens with one attached hydrogen (secondary N) is 3. The van der Waals surface area contributed by atoms with Crippen molar-refractivity contribution in [1.29, 1.82) is 0 Å². The SMILES string of the molecule is O=Cc1[nH]cc2c1NC(C1CCCCC1)C(=O)N2. The lowest BCUT2D eigenvalue weighted by Gasteiger charge is -2.33. The number of aromatic nitrogens is 1. The Balaban J connectivity index is 1.85. The van der Waals surface area contributed by atoms with Gasteiger partial charge in [-0.25, -0.2) is 0 Å². The van der Waals surface area contributed by atoms with Gasteiger partial charge in [-0.3, -0.25) is 9.59 Å². The summed E-state index contributed by atoms with van der Waals surface area (Å²) in [4.78, 5) is 25.9. The average molecular weight is 247 g/mol. The van der Waals surface area contributed by atoms with Gasteiger partial charge in [0, 0.05) is 6.20 Å². The molecule has 5 heteroatoms. The highest BCUT2D eigenvalue weighted by molar-refractivity contribution is 6.06. The topological polar surface area (TPSA) is 74.0 Å². The summed E-state index contributed by atoms with van der Waals surface area (Å²) in [5.74, 6) is 0.396. The molecule has 1 aromatic heterocycles. The van der Waals surface area contributed by atoms with Gasteiger partial charge in [-0.1, -0.05) is 19.3 Å². The molecule has 1 aliphatic heterocycles. The van der Waals surface area contributed by atoms with Crippen LogP contribution in [0.15, 0.2) is 6.20 Å². The smallest absolute Gasteiger partial charge is 0.247 e. The minimum absolute atomic E-state index is 0.0193. The number of amides is 1. The number of fused-ring (bicyclic) bond motifs is 1. The molecule has 0 radical (unpaired) electrons. The summed E-state index contributed by atoms with van der Waals surface area (Å²) in [7, 11) is 0. The first-order valence-electron chi connectivity index (χ1n) is 6.53. The molecule has 0 spiro atoms. The summed E-state index contributed by atoms with van der Waals surface area (Å²) in [5, 5.41) is 6.11. The molecule has 96 valence electrons. The maximum atomic E-state index is 12.1. The van der Waals surface area contributed by atoms with Crippen molar-refractivity contribution >= 4 is 23.6 Å². The number of carbonyl (C=O) groups is 2. The molecular weight excluding hydrogens is 230 g/mol. The molecule has 3 rings (SSSR count). The molecule has 18 heavy (non-hydrogen) atoms.